The molecule has 10 heteroatoms. The maximum atomic E-state index is 13.2. The fourth-order valence-corrected chi connectivity index (χ4v) is 8.38. The number of ether oxygens (including phenoxy) is 2. The lowest BCUT2D eigenvalue weighted by molar-refractivity contribution is -0.150. The Balaban J connectivity index is 0.000000282. The Morgan fingerprint density at radius 1 is 0.613 bits per heavy atom. The summed E-state index contributed by atoms with van der Waals surface area (Å²) in [6, 6.07) is 30.6. The van der Waals surface area contributed by atoms with Crippen LogP contribution in [0.3, 0.4) is 0 Å². The van der Waals surface area contributed by atoms with Gasteiger partial charge in [-0.05, 0) is 131 Å². The first kappa shape index (κ1) is 50.4. The van der Waals surface area contributed by atoms with Crippen LogP contribution in [0.2, 0.25) is 0 Å². The number of rotatable bonds is 18. The van der Waals surface area contributed by atoms with Crippen LogP contribution in [-0.2, 0) is 47.9 Å². The van der Waals surface area contributed by atoms with E-state index in [1.807, 2.05) is 39.0 Å². The number of ketones is 2. The van der Waals surface area contributed by atoms with E-state index in [0.717, 1.165) is 83.5 Å². The number of amides is 2. The smallest absolute Gasteiger partial charge is 0.291 e. The van der Waals surface area contributed by atoms with Crippen LogP contribution in [0.15, 0.2) is 91.0 Å². The molecule has 0 spiro atoms. The zero-order valence-electron chi connectivity index (χ0n) is 38.1. The van der Waals surface area contributed by atoms with Gasteiger partial charge in [0.05, 0.1) is 6.61 Å². The summed E-state index contributed by atoms with van der Waals surface area (Å²) in [5, 5.41) is 0.899. The van der Waals surface area contributed by atoms with E-state index in [1.54, 1.807) is 30.6 Å². The van der Waals surface area contributed by atoms with Crippen LogP contribution in [-0.4, -0.2) is 81.2 Å². The van der Waals surface area contributed by atoms with Gasteiger partial charge in [0.25, 0.3) is 11.8 Å². The number of benzene rings is 3. The molecule has 0 radical (unpaired) electrons. The minimum atomic E-state index is -0.682. The molecule has 0 aromatic heterocycles. The maximum absolute atomic E-state index is 13.2. The molecule has 2 fully saturated rings. The van der Waals surface area contributed by atoms with Gasteiger partial charge in [-0.25, -0.2) is 0 Å². The Kier molecular flexibility index (Phi) is 20.4. The molecule has 2 aliphatic heterocycles. The molecule has 336 valence electrons. The van der Waals surface area contributed by atoms with Crippen molar-refractivity contribution in [1.29, 1.82) is 0 Å². The van der Waals surface area contributed by atoms with E-state index < -0.39 is 22.6 Å². The Morgan fingerprint density at radius 2 is 1.05 bits per heavy atom. The largest absolute Gasteiger partial charge is 0.485 e. The lowest BCUT2D eigenvalue weighted by atomic mass is 9.84. The van der Waals surface area contributed by atoms with Crippen molar-refractivity contribution >= 4 is 57.9 Å². The van der Waals surface area contributed by atoms with Gasteiger partial charge in [0, 0.05) is 23.9 Å². The summed E-state index contributed by atoms with van der Waals surface area (Å²) >= 11 is 11.3. The molecule has 2 unspecified atom stereocenters. The summed E-state index contributed by atoms with van der Waals surface area (Å²) in [5.41, 5.74) is 2.51. The molecule has 3 aromatic rings. The van der Waals surface area contributed by atoms with Gasteiger partial charge in [0.15, 0.2) is 10.1 Å². The SMILES string of the molecule is CC(C)(C)C(=O)C(=O)N1CCCCC1C(=S)OCCCCc1ccccc1.CCC(C)(C)C(=O)C(=O)N1CCCCC1C(=S)OC(CCc1ccccc1)CCc1ccccc1. The first-order chi connectivity index (χ1) is 29.6. The van der Waals surface area contributed by atoms with Crippen molar-refractivity contribution in [3.05, 3.63) is 108 Å². The predicted octanol–water partition coefficient (Wildman–Crippen LogP) is 10.7. The van der Waals surface area contributed by atoms with Crippen LogP contribution in [0, 0.1) is 10.8 Å². The Hall–Kier alpha value is -4.28. The van der Waals surface area contributed by atoms with E-state index in [0.29, 0.717) is 36.2 Å². The third-order valence-corrected chi connectivity index (χ3v) is 12.8. The number of thiocarbonyl (C=S) groups is 2. The number of aryl methyl sites for hydroxylation is 3. The second-order valence-electron chi connectivity index (χ2n) is 18.4. The lowest BCUT2D eigenvalue weighted by Crippen LogP contribution is -2.53. The molecule has 0 bridgehead atoms. The van der Waals surface area contributed by atoms with E-state index in [2.05, 4.69) is 72.8 Å². The molecule has 3 aromatic carbocycles. The van der Waals surface area contributed by atoms with Gasteiger partial charge in [-0.1, -0.05) is 133 Å². The topological polar surface area (TPSA) is 93.2 Å². The molecule has 2 aliphatic rings. The monoisotopic (exact) mass is 882 g/mol. The summed E-state index contributed by atoms with van der Waals surface area (Å²) in [5.74, 6) is -1.54. The first-order valence-electron chi connectivity index (χ1n) is 22.8. The van der Waals surface area contributed by atoms with Gasteiger partial charge in [0.2, 0.25) is 11.6 Å². The van der Waals surface area contributed by atoms with Crippen LogP contribution >= 0.6 is 24.4 Å². The van der Waals surface area contributed by atoms with Crippen molar-refractivity contribution in [2.24, 2.45) is 10.8 Å². The van der Waals surface area contributed by atoms with Crippen molar-refractivity contribution < 1.29 is 28.7 Å². The number of hydrogen-bond acceptors (Lipinski definition) is 8. The zero-order valence-corrected chi connectivity index (χ0v) is 39.7. The number of Topliss-reactive ketones (excluding diaryl/α,β-unsaturated/α-hetero) is 2. The van der Waals surface area contributed by atoms with Crippen LogP contribution < -0.4 is 0 Å². The Labute approximate surface area is 382 Å². The van der Waals surface area contributed by atoms with Gasteiger partial charge in [-0.3, -0.25) is 19.2 Å². The van der Waals surface area contributed by atoms with Gasteiger partial charge in [0.1, 0.15) is 18.2 Å². The standard InChI is InChI=1S/C30H39NO3S.C22H31NO3S/c1-4-30(2,3)27(32)28(33)31-22-12-11-17-26(31)29(35)34-25(20-18-23-13-7-5-8-14-23)21-19-24-15-9-6-10-16-24;1-22(2,3)19(24)20(25)23-15-9-7-14-18(23)21(27)26-16-10-8-13-17-11-5-4-6-12-17/h5-10,13-16,25-26H,4,11-12,17-22H2,1-3H3;4-6,11-12,18H,7-10,13-16H2,1-3H3. The number of piperidine rings is 2. The number of unbranched alkanes of at least 4 members (excludes halogenated alkanes) is 1. The van der Waals surface area contributed by atoms with E-state index in [9.17, 15) is 19.2 Å². The minimum Gasteiger partial charge on any atom is -0.485 e. The second kappa shape index (κ2) is 25.1. The second-order valence-corrected chi connectivity index (χ2v) is 19.2. The number of nitrogens with zero attached hydrogens (tertiary/aromatic N) is 2. The van der Waals surface area contributed by atoms with Gasteiger partial charge >= 0.3 is 0 Å². The number of hydrogen-bond donors (Lipinski definition) is 0. The van der Waals surface area contributed by atoms with Crippen molar-refractivity contribution in [3.8, 4) is 0 Å². The van der Waals surface area contributed by atoms with Crippen molar-refractivity contribution in [3.63, 3.8) is 0 Å². The van der Waals surface area contributed by atoms with Crippen LogP contribution in [0.1, 0.15) is 129 Å². The molecule has 0 saturated carbocycles. The maximum Gasteiger partial charge on any atom is 0.291 e. The minimum absolute atomic E-state index is 0.0513. The van der Waals surface area contributed by atoms with Crippen LogP contribution in [0.5, 0.6) is 0 Å². The van der Waals surface area contributed by atoms with Crippen molar-refractivity contribution in [2.45, 2.75) is 150 Å². The molecular weight excluding hydrogens is 813 g/mol. The molecule has 2 saturated heterocycles. The first-order valence-corrected chi connectivity index (χ1v) is 23.6. The number of carbonyl (C=O) groups excluding carboxylic acids is 4. The molecule has 0 aliphatic carbocycles. The van der Waals surface area contributed by atoms with E-state index in [-0.39, 0.29) is 29.8 Å². The van der Waals surface area contributed by atoms with Crippen molar-refractivity contribution in [2.75, 3.05) is 19.7 Å². The highest BCUT2D eigenvalue weighted by Gasteiger charge is 2.40. The highest BCUT2D eigenvalue weighted by atomic mass is 32.1. The molecule has 62 heavy (non-hydrogen) atoms. The number of likely N-dealkylation sites (tertiary alicyclic amines) is 2. The Morgan fingerprint density at radius 3 is 1.50 bits per heavy atom. The van der Waals surface area contributed by atoms with Crippen LogP contribution in [0.25, 0.3) is 0 Å². The summed E-state index contributed by atoms with van der Waals surface area (Å²) < 4.78 is 12.2. The third-order valence-electron chi connectivity index (χ3n) is 12.1. The lowest BCUT2D eigenvalue weighted by Gasteiger charge is -2.37. The Bertz CT molecular complexity index is 1850. The van der Waals surface area contributed by atoms with Crippen LogP contribution in [0.4, 0.5) is 0 Å². The van der Waals surface area contributed by atoms with Gasteiger partial charge < -0.3 is 19.3 Å². The van der Waals surface area contributed by atoms with Gasteiger partial charge in [-0.15, -0.1) is 0 Å². The molecule has 2 atom stereocenters. The fraction of sp³-hybridized carbons (Fsp3) is 0.538. The quantitative estimate of drug-likeness (QED) is 0.0709. The van der Waals surface area contributed by atoms with Gasteiger partial charge in [-0.2, -0.15) is 0 Å². The van der Waals surface area contributed by atoms with Crippen molar-refractivity contribution in [1.82, 2.24) is 9.80 Å². The molecule has 2 amide bonds. The average Bonchev–Trinajstić information content (AvgIpc) is 3.29. The highest BCUT2D eigenvalue weighted by Crippen LogP contribution is 2.28. The molecule has 0 N–H and O–H groups in total. The molecule has 8 nitrogen and oxygen atoms in total. The summed E-state index contributed by atoms with van der Waals surface area (Å²) in [4.78, 5) is 54.5. The fourth-order valence-electron chi connectivity index (χ4n) is 7.67. The summed E-state index contributed by atoms with van der Waals surface area (Å²) in [7, 11) is 0. The highest BCUT2D eigenvalue weighted by molar-refractivity contribution is 7.80. The van der Waals surface area contributed by atoms with E-state index in [1.165, 1.54) is 16.7 Å². The van der Waals surface area contributed by atoms with E-state index in [4.69, 9.17) is 33.9 Å². The van der Waals surface area contributed by atoms with E-state index >= 15 is 0 Å². The molecule has 2 heterocycles. The predicted molar refractivity (Wildman–Crippen MR) is 257 cm³/mol. The molecular formula is C52H70N2O6S2. The number of carbonyl (C=O) groups is 4. The third kappa shape index (κ3) is 15.8. The normalized spacial score (nSPS) is 16.8. The average molecular weight is 883 g/mol. The summed E-state index contributed by atoms with van der Waals surface area (Å²) in [6.07, 6.45) is 12.3. The molecule has 5 rings (SSSR count). The summed E-state index contributed by atoms with van der Waals surface area (Å²) in [6.45, 7) is 12.6. The zero-order chi connectivity index (χ0) is 45.1.